The highest BCUT2D eigenvalue weighted by atomic mass is 16.6. The topological polar surface area (TPSA) is 78.9 Å². The normalized spacial score (nSPS) is 12.1. The van der Waals surface area contributed by atoms with E-state index in [9.17, 15) is 14.4 Å². The summed E-state index contributed by atoms with van der Waals surface area (Å²) in [7, 11) is 0. The summed E-state index contributed by atoms with van der Waals surface area (Å²) in [5.41, 5.74) is 0. The Hall–Kier alpha value is -2.11. The molecule has 0 bridgehead atoms. The molecule has 0 amide bonds. The average molecular weight is 1100 g/mol. The molecule has 0 aromatic rings. The monoisotopic (exact) mass is 1100 g/mol. The van der Waals surface area contributed by atoms with Gasteiger partial charge in [0.1, 0.15) is 13.2 Å². The molecule has 78 heavy (non-hydrogen) atoms. The Kier molecular flexibility index (Phi) is 65.6. The summed E-state index contributed by atoms with van der Waals surface area (Å²) in [6.07, 6.45) is 82.3. The molecule has 0 rings (SSSR count). The zero-order chi connectivity index (χ0) is 56.4. The first kappa shape index (κ1) is 75.9. The molecule has 1 atom stereocenters. The van der Waals surface area contributed by atoms with Crippen LogP contribution in [0.15, 0.2) is 24.3 Å². The van der Waals surface area contributed by atoms with Gasteiger partial charge in [-0.1, -0.05) is 334 Å². The number of carbonyl (C=O) groups excluding carboxylic acids is 3. The van der Waals surface area contributed by atoms with Gasteiger partial charge in [-0.15, -0.1) is 0 Å². The molecule has 0 aliphatic carbocycles. The van der Waals surface area contributed by atoms with Crippen LogP contribution in [0.25, 0.3) is 0 Å². The summed E-state index contributed by atoms with van der Waals surface area (Å²) >= 11 is 0. The molecular formula is C72H136O6. The van der Waals surface area contributed by atoms with Crippen LogP contribution in [-0.2, 0) is 28.6 Å². The van der Waals surface area contributed by atoms with E-state index >= 15 is 0 Å². The molecule has 0 saturated heterocycles. The maximum atomic E-state index is 12.9. The fraction of sp³-hybridized carbons (Fsp3) is 0.903. The van der Waals surface area contributed by atoms with Crippen LogP contribution in [0.4, 0.5) is 0 Å². The Bertz CT molecular complexity index is 1260. The third kappa shape index (κ3) is 64.7. The average Bonchev–Trinajstić information content (AvgIpc) is 3.44. The second-order valence-corrected chi connectivity index (χ2v) is 24.1. The molecule has 0 spiro atoms. The summed E-state index contributed by atoms with van der Waals surface area (Å²) < 4.78 is 16.9. The highest BCUT2D eigenvalue weighted by Crippen LogP contribution is 2.18. The third-order valence-corrected chi connectivity index (χ3v) is 16.2. The number of unbranched alkanes of at least 4 members (excludes halogenated alkanes) is 51. The zero-order valence-electron chi connectivity index (χ0n) is 53.0. The molecule has 6 heteroatoms. The van der Waals surface area contributed by atoms with Gasteiger partial charge in [0.2, 0.25) is 0 Å². The fourth-order valence-corrected chi connectivity index (χ4v) is 10.8. The summed E-state index contributed by atoms with van der Waals surface area (Å²) in [6.45, 7) is 6.69. The minimum Gasteiger partial charge on any atom is -0.462 e. The Balaban J connectivity index is 4.05. The lowest BCUT2D eigenvalue weighted by atomic mass is 10.0. The molecule has 0 saturated carbocycles. The molecule has 0 aliphatic heterocycles. The molecule has 460 valence electrons. The minimum atomic E-state index is -0.771. The first-order valence-electron chi connectivity index (χ1n) is 35.3. The molecule has 6 nitrogen and oxygen atoms in total. The summed E-state index contributed by atoms with van der Waals surface area (Å²) in [6, 6.07) is 0. The van der Waals surface area contributed by atoms with Crippen molar-refractivity contribution in [1.82, 2.24) is 0 Å². The molecule has 0 radical (unpaired) electrons. The summed E-state index contributed by atoms with van der Waals surface area (Å²) in [4.78, 5) is 38.3. The molecule has 0 aromatic carbocycles. The van der Waals surface area contributed by atoms with Gasteiger partial charge < -0.3 is 14.2 Å². The van der Waals surface area contributed by atoms with Gasteiger partial charge >= 0.3 is 17.9 Å². The summed E-state index contributed by atoms with van der Waals surface area (Å²) in [5, 5.41) is 0. The predicted molar refractivity (Wildman–Crippen MR) is 340 cm³/mol. The Labute approximate surface area is 487 Å². The quantitative estimate of drug-likeness (QED) is 0.0261. The fourth-order valence-electron chi connectivity index (χ4n) is 10.8. The van der Waals surface area contributed by atoms with Gasteiger partial charge in [-0.25, -0.2) is 0 Å². The largest absolute Gasteiger partial charge is 0.462 e. The van der Waals surface area contributed by atoms with Crippen molar-refractivity contribution in [3.8, 4) is 0 Å². The minimum absolute atomic E-state index is 0.0684. The number of carbonyl (C=O) groups is 3. The van der Waals surface area contributed by atoms with E-state index in [0.29, 0.717) is 19.3 Å². The Morgan fingerprint density at radius 1 is 0.244 bits per heavy atom. The second kappa shape index (κ2) is 67.4. The smallest absolute Gasteiger partial charge is 0.306 e. The van der Waals surface area contributed by atoms with Crippen molar-refractivity contribution in [2.24, 2.45) is 0 Å². The van der Waals surface area contributed by atoms with Gasteiger partial charge in [-0.3, -0.25) is 14.4 Å². The lowest BCUT2D eigenvalue weighted by Gasteiger charge is -2.18. The van der Waals surface area contributed by atoms with E-state index in [2.05, 4.69) is 45.1 Å². The van der Waals surface area contributed by atoms with Crippen molar-refractivity contribution >= 4 is 17.9 Å². The zero-order valence-corrected chi connectivity index (χ0v) is 53.0. The van der Waals surface area contributed by atoms with Crippen molar-refractivity contribution < 1.29 is 28.6 Å². The van der Waals surface area contributed by atoms with Crippen molar-refractivity contribution in [1.29, 1.82) is 0 Å². The number of esters is 3. The van der Waals surface area contributed by atoms with E-state index in [-0.39, 0.29) is 31.1 Å². The van der Waals surface area contributed by atoms with Crippen LogP contribution < -0.4 is 0 Å². The van der Waals surface area contributed by atoms with E-state index in [0.717, 1.165) is 64.2 Å². The van der Waals surface area contributed by atoms with Crippen molar-refractivity contribution in [3.05, 3.63) is 24.3 Å². The molecule has 1 unspecified atom stereocenters. The standard InChI is InChI=1S/C72H136O6/c1-4-7-10-13-16-19-22-24-26-28-29-30-31-32-33-34-35-36-37-38-39-40-41-42-43-44-46-47-50-53-56-59-62-65-71(74)77-68-69(67-76-70(73)64-61-58-55-52-49-21-18-15-12-9-6-3)78-72(75)66-63-60-57-54-51-48-45-27-25-23-20-17-14-11-8-5-2/h27-29,45,69H,4-26,30-44,46-68H2,1-3H3/b29-28-,45-27-. The third-order valence-electron chi connectivity index (χ3n) is 16.2. The Morgan fingerprint density at radius 2 is 0.423 bits per heavy atom. The number of hydrogen-bond donors (Lipinski definition) is 0. The van der Waals surface area contributed by atoms with Crippen LogP contribution in [0.1, 0.15) is 400 Å². The van der Waals surface area contributed by atoms with Crippen molar-refractivity contribution in [2.75, 3.05) is 13.2 Å². The predicted octanol–water partition coefficient (Wildman–Crippen LogP) is 24.2. The van der Waals surface area contributed by atoms with Gasteiger partial charge in [0.15, 0.2) is 6.10 Å². The highest BCUT2D eigenvalue weighted by molar-refractivity contribution is 5.71. The van der Waals surface area contributed by atoms with Crippen molar-refractivity contribution in [2.45, 2.75) is 406 Å². The van der Waals surface area contributed by atoms with Crippen LogP contribution in [0, 0.1) is 0 Å². The number of allylic oxidation sites excluding steroid dienone is 4. The maximum Gasteiger partial charge on any atom is 0.306 e. The molecule has 0 N–H and O–H groups in total. The molecular weight excluding hydrogens is 961 g/mol. The van der Waals surface area contributed by atoms with Gasteiger partial charge in [-0.05, 0) is 70.6 Å². The van der Waals surface area contributed by atoms with Gasteiger partial charge in [0, 0.05) is 19.3 Å². The van der Waals surface area contributed by atoms with Crippen molar-refractivity contribution in [3.63, 3.8) is 0 Å². The lowest BCUT2D eigenvalue weighted by Crippen LogP contribution is -2.30. The second-order valence-electron chi connectivity index (χ2n) is 24.1. The number of rotatable bonds is 66. The first-order chi connectivity index (χ1) is 38.5. The van der Waals surface area contributed by atoms with Gasteiger partial charge in [0.05, 0.1) is 0 Å². The van der Waals surface area contributed by atoms with Gasteiger partial charge in [-0.2, -0.15) is 0 Å². The Morgan fingerprint density at radius 3 is 0.641 bits per heavy atom. The molecule has 0 aliphatic rings. The van der Waals surface area contributed by atoms with Crippen LogP contribution >= 0.6 is 0 Å². The van der Waals surface area contributed by atoms with Crippen LogP contribution in [0.3, 0.4) is 0 Å². The van der Waals surface area contributed by atoms with E-state index in [1.807, 2.05) is 0 Å². The van der Waals surface area contributed by atoms with Crippen LogP contribution in [0.5, 0.6) is 0 Å². The van der Waals surface area contributed by atoms with Crippen LogP contribution in [-0.4, -0.2) is 37.2 Å². The summed E-state index contributed by atoms with van der Waals surface area (Å²) in [5.74, 6) is -0.850. The maximum absolute atomic E-state index is 12.9. The molecule has 0 heterocycles. The van der Waals surface area contributed by atoms with E-state index in [4.69, 9.17) is 14.2 Å². The van der Waals surface area contributed by atoms with E-state index in [1.165, 1.54) is 295 Å². The van der Waals surface area contributed by atoms with E-state index < -0.39 is 6.10 Å². The first-order valence-corrected chi connectivity index (χ1v) is 35.3. The molecule has 0 aromatic heterocycles. The van der Waals surface area contributed by atoms with Gasteiger partial charge in [0.25, 0.3) is 0 Å². The highest BCUT2D eigenvalue weighted by Gasteiger charge is 2.19. The van der Waals surface area contributed by atoms with E-state index in [1.54, 1.807) is 0 Å². The van der Waals surface area contributed by atoms with Crippen LogP contribution in [0.2, 0.25) is 0 Å². The lowest BCUT2D eigenvalue weighted by molar-refractivity contribution is -0.167. The number of hydrogen-bond acceptors (Lipinski definition) is 6. The molecule has 0 fully saturated rings. The number of ether oxygens (including phenoxy) is 3. The SMILES string of the molecule is CCCCCCCCC/C=C\CCCCCCCC(=O)OC(COC(=O)CCCCCCCCCCCCC)COC(=O)CCCCCCCCCCCCCCCCCCCCCCC/C=C\CCCCCCCCCC.